The van der Waals surface area contributed by atoms with Crippen LogP contribution in [0.15, 0.2) is 6.20 Å². The Morgan fingerprint density at radius 2 is 2.17 bits per heavy atom. The van der Waals surface area contributed by atoms with Gasteiger partial charge >= 0.3 is 0 Å². The topological polar surface area (TPSA) is 67.2 Å². The van der Waals surface area contributed by atoms with Crippen molar-refractivity contribution < 1.29 is 9.59 Å². The molecule has 0 spiro atoms. The van der Waals surface area contributed by atoms with E-state index in [1.807, 2.05) is 18.0 Å². The van der Waals surface area contributed by atoms with E-state index < -0.39 is 0 Å². The predicted octanol–water partition coefficient (Wildman–Crippen LogP) is 0.881. The second kappa shape index (κ2) is 5.65. The average Bonchev–Trinajstić information content (AvgIpc) is 3.13. The van der Waals surface area contributed by atoms with E-state index in [2.05, 4.69) is 14.9 Å². The van der Waals surface area contributed by atoms with Crippen LogP contribution in [0.3, 0.4) is 0 Å². The normalized spacial score (nSPS) is 27.2. The molecule has 1 aliphatic carbocycles. The molecule has 6 heteroatoms. The Morgan fingerprint density at radius 1 is 1.35 bits per heavy atom. The average molecular weight is 316 g/mol. The zero-order chi connectivity index (χ0) is 16.0. The molecule has 0 radical (unpaired) electrons. The number of hydrogen-bond acceptors (Lipinski definition) is 3. The molecular formula is C17H24N4O2. The van der Waals surface area contributed by atoms with E-state index in [1.54, 1.807) is 0 Å². The van der Waals surface area contributed by atoms with Crippen molar-refractivity contribution >= 4 is 11.8 Å². The molecule has 1 saturated carbocycles. The van der Waals surface area contributed by atoms with Crippen LogP contribution in [0.4, 0.5) is 0 Å². The Hall–Kier alpha value is -1.85. The molecule has 0 unspecified atom stereocenters. The number of nitrogens with one attached hydrogen (secondary N) is 1. The van der Waals surface area contributed by atoms with Crippen LogP contribution < -0.4 is 5.32 Å². The highest BCUT2D eigenvalue weighted by atomic mass is 16.2. The maximum atomic E-state index is 12.5. The van der Waals surface area contributed by atoms with Crippen LogP contribution in [-0.4, -0.2) is 45.4 Å². The van der Waals surface area contributed by atoms with Gasteiger partial charge in [-0.3, -0.25) is 9.59 Å². The van der Waals surface area contributed by atoms with Crippen LogP contribution in [0, 0.1) is 18.8 Å². The Labute approximate surface area is 136 Å². The van der Waals surface area contributed by atoms with Crippen LogP contribution >= 0.6 is 0 Å². The standard InChI is InChI=1S/C17H24N4O2/c1-11-7-20-10-14(4-5-15(20)18-11)19-17(23)13-6-16(22)21(9-13)8-12-2-3-12/h7,12-14H,2-6,8-10H2,1H3,(H,19,23)/t13-,14-/m1/s1. The van der Waals surface area contributed by atoms with Crippen molar-refractivity contribution in [2.45, 2.75) is 51.6 Å². The maximum absolute atomic E-state index is 12.5. The molecular weight excluding hydrogens is 292 g/mol. The summed E-state index contributed by atoms with van der Waals surface area (Å²) in [7, 11) is 0. The summed E-state index contributed by atoms with van der Waals surface area (Å²) < 4.78 is 2.14. The van der Waals surface area contributed by atoms with Crippen LogP contribution in [-0.2, 0) is 22.6 Å². The fourth-order valence-electron chi connectivity index (χ4n) is 3.76. The lowest BCUT2D eigenvalue weighted by Gasteiger charge is -2.26. The summed E-state index contributed by atoms with van der Waals surface area (Å²) in [6, 6.07) is 0.149. The van der Waals surface area contributed by atoms with E-state index in [-0.39, 0.29) is 23.8 Å². The minimum Gasteiger partial charge on any atom is -0.351 e. The van der Waals surface area contributed by atoms with Gasteiger partial charge in [-0.25, -0.2) is 4.98 Å². The second-order valence-electron chi connectivity index (χ2n) is 7.34. The van der Waals surface area contributed by atoms with Crippen molar-refractivity contribution in [1.29, 1.82) is 0 Å². The molecule has 124 valence electrons. The van der Waals surface area contributed by atoms with Crippen LogP contribution in [0.5, 0.6) is 0 Å². The first-order valence-corrected chi connectivity index (χ1v) is 8.69. The summed E-state index contributed by atoms with van der Waals surface area (Å²) in [5.41, 5.74) is 1.03. The molecule has 4 rings (SSSR count). The minimum atomic E-state index is -0.174. The third-order valence-corrected chi connectivity index (χ3v) is 5.22. The number of nitrogens with zero attached hydrogens (tertiary/aromatic N) is 3. The van der Waals surface area contributed by atoms with Gasteiger partial charge < -0.3 is 14.8 Å². The summed E-state index contributed by atoms with van der Waals surface area (Å²) in [5.74, 6) is 1.81. The van der Waals surface area contributed by atoms with Gasteiger partial charge in [-0.2, -0.15) is 0 Å². The van der Waals surface area contributed by atoms with Crippen LogP contribution in [0.25, 0.3) is 0 Å². The molecule has 1 saturated heterocycles. The molecule has 2 atom stereocenters. The third kappa shape index (κ3) is 3.12. The smallest absolute Gasteiger partial charge is 0.225 e. The van der Waals surface area contributed by atoms with E-state index in [0.29, 0.717) is 18.9 Å². The van der Waals surface area contributed by atoms with Gasteiger partial charge in [-0.05, 0) is 32.1 Å². The molecule has 3 heterocycles. The van der Waals surface area contributed by atoms with Gasteiger partial charge in [0, 0.05) is 44.7 Å². The predicted molar refractivity (Wildman–Crippen MR) is 84.6 cm³/mol. The van der Waals surface area contributed by atoms with Gasteiger partial charge in [-0.1, -0.05) is 0 Å². The fourth-order valence-corrected chi connectivity index (χ4v) is 3.76. The fraction of sp³-hybridized carbons (Fsp3) is 0.706. The van der Waals surface area contributed by atoms with Gasteiger partial charge in [0.1, 0.15) is 5.82 Å². The highest BCUT2D eigenvalue weighted by Crippen LogP contribution is 2.32. The van der Waals surface area contributed by atoms with Crippen LogP contribution in [0.1, 0.15) is 37.2 Å². The first-order valence-electron chi connectivity index (χ1n) is 8.69. The van der Waals surface area contributed by atoms with Gasteiger partial charge in [-0.15, -0.1) is 0 Å². The molecule has 0 aromatic carbocycles. The highest BCUT2D eigenvalue weighted by molar-refractivity contribution is 5.89. The van der Waals surface area contributed by atoms with Gasteiger partial charge in [0.2, 0.25) is 11.8 Å². The molecule has 0 bridgehead atoms. The molecule has 6 nitrogen and oxygen atoms in total. The van der Waals surface area contributed by atoms with Gasteiger partial charge in [0.15, 0.2) is 0 Å². The summed E-state index contributed by atoms with van der Waals surface area (Å²) in [4.78, 5) is 30.9. The Morgan fingerprint density at radius 3 is 2.96 bits per heavy atom. The number of carbonyl (C=O) groups excluding carboxylic acids is 2. The Bertz CT molecular complexity index is 635. The number of imidazole rings is 1. The maximum Gasteiger partial charge on any atom is 0.225 e. The summed E-state index contributed by atoms with van der Waals surface area (Å²) in [5, 5.41) is 3.15. The molecule has 1 aromatic heterocycles. The number of rotatable bonds is 4. The van der Waals surface area contributed by atoms with E-state index in [9.17, 15) is 9.59 Å². The third-order valence-electron chi connectivity index (χ3n) is 5.22. The number of likely N-dealkylation sites (tertiary alicyclic amines) is 1. The summed E-state index contributed by atoms with van der Waals surface area (Å²) in [6.45, 7) is 4.24. The van der Waals surface area contributed by atoms with Crippen molar-refractivity contribution in [3.05, 3.63) is 17.7 Å². The molecule has 1 aromatic rings. The number of aromatic nitrogens is 2. The van der Waals surface area contributed by atoms with Crippen molar-refractivity contribution in [3.8, 4) is 0 Å². The Balaban J connectivity index is 1.32. The number of fused-ring (bicyclic) bond motifs is 1. The van der Waals surface area contributed by atoms with Crippen molar-refractivity contribution in [1.82, 2.24) is 19.8 Å². The first kappa shape index (κ1) is 14.7. The molecule has 2 amide bonds. The van der Waals surface area contributed by atoms with E-state index in [4.69, 9.17) is 0 Å². The van der Waals surface area contributed by atoms with Gasteiger partial charge in [0.25, 0.3) is 0 Å². The Kier molecular flexibility index (Phi) is 3.62. The lowest BCUT2D eigenvalue weighted by molar-refractivity contribution is -0.129. The lowest BCUT2D eigenvalue weighted by atomic mass is 10.0. The summed E-state index contributed by atoms with van der Waals surface area (Å²) >= 11 is 0. The molecule has 2 aliphatic heterocycles. The minimum absolute atomic E-state index is 0.0435. The van der Waals surface area contributed by atoms with Crippen LogP contribution in [0.2, 0.25) is 0 Å². The van der Waals surface area contributed by atoms with E-state index in [0.717, 1.165) is 37.4 Å². The SMILES string of the molecule is Cc1cn2c(n1)CC[C@@H](NC(=O)[C@@H]1CC(=O)N(CC3CC3)C1)C2. The number of amides is 2. The number of hydrogen-bond donors (Lipinski definition) is 1. The second-order valence-corrected chi connectivity index (χ2v) is 7.34. The molecule has 2 fully saturated rings. The van der Waals surface area contributed by atoms with Crippen molar-refractivity contribution in [2.24, 2.45) is 11.8 Å². The summed E-state index contributed by atoms with van der Waals surface area (Å²) in [6.07, 6.45) is 6.71. The lowest BCUT2D eigenvalue weighted by Crippen LogP contribution is -2.44. The zero-order valence-electron chi connectivity index (χ0n) is 13.6. The van der Waals surface area contributed by atoms with E-state index >= 15 is 0 Å². The molecule has 3 aliphatic rings. The zero-order valence-corrected chi connectivity index (χ0v) is 13.6. The highest BCUT2D eigenvalue weighted by Gasteiger charge is 2.37. The monoisotopic (exact) mass is 316 g/mol. The molecule has 23 heavy (non-hydrogen) atoms. The van der Waals surface area contributed by atoms with Crippen molar-refractivity contribution in [2.75, 3.05) is 13.1 Å². The quantitative estimate of drug-likeness (QED) is 0.897. The molecule has 1 N–H and O–H groups in total. The first-order chi connectivity index (χ1) is 11.1. The van der Waals surface area contributed by atoms with Crippen molar-refractivity contribution in [3.63, 3.8) is 0 Å². The van der Waals surface area contributed by atoms with E-state index in [1.165, 1.54) is 12.8 Å². The largest absolute Gasteiger partial charge is 0.351 e. The van der Waals surface area contributed by atoms with Gasteiger partial charge in [0.05, 0.1) is 11.6 Å². The number of carbonyl (C=O) groups is 2. The number of aryl methyl sites for hydroxylation is 2.